The first-order chi connectivity index (χ1) is 6.79. The Morgan fingerprint density at radius 2 is 2.36 bits per heavy atom. The van der Waals surface area contributed by atoms with E-state index >= 15 is 0 Å². The second kappa shape index (κ2) is 4.15. The van der Waals surface area contributed by atoms with Crippen molar-refractivity contribution < 1.29 is 9.15 Å². The normalized spacial score (nSPS) is 17.0. The molecule has 1 aromatic rings. The number of ether oxygens (including phenoxy) is 1. The molecule has 3 nitrogen and oxygen atoms in total. The van der Waals surface area contributed by atoms with Gasteiger partial charge in [0, 0.05) is 5.56 Å². The van der Waals surface area contributed by atoms with Crippen molar-refractivity contribution in [3.05, 3.63) is 23.2 Å². The van der Waals surface area contributed by atoms with Gasteiger partial charge in [0.25, 0.3) is 0 Å². The van der Waals surface area contributed by atoms with Gasteiger partial charge in [-0.1, -0.05) is 0 Å². The molecule has 0 bridgehead atoms. The standard InChI is InChI=1S/C11H17NO2/c1-8-9(5-11(6-12)14-8)7-13-10-3-2-4-10/h5,10H,2-4,6-7,12H2,1H3. The highest BCUT2D eigenvalue weighted by Gasteiger charge is 2.18. The van der Waals surface area contributed by atoms with Crippen LogP contribution >= 0.6 is 0 Å². The van der Waals surface area contributed by atoms with Gasteiger partial charge < -0.3 is 14.9 Å². The molecular formula is C11H17NO2. The second-order valence-electron chi connectivity index (χ2n) is 3.86. The van der Waals surface area contributed by atoms with Crippen LogP contribution < -0.4 is 5.73 Å². The van der Waals surface area contributed by atoms with Crippen LogP contribution in [0.1, 0.15) is 36.3 Å². The Hall–Kier alpha value is -0.800. The zero-order valence-corrected chi connectivity index (χ0v) is 8.58. The third kappa shape index (κ3) is 1.99. The molecule has 14 heavy (non-hydrogen) atoms. The van der Waals surface area contributed by atoms with Crippen LogP contribution in [0, 0.1) is 6.92 Å². The minimum atomic E-state index is 0.463. The molecule has 1 fully saturated rings. The molecule has 1 aromatic heterocycles. The molecule has 1 aliphatic carbocycles. The lowest BCUT2D eigenvalue weighted by atomic mass is 9.96. The van der Waals surface area contributed by atoms with Gasteiger partial charge in [-0.15, -0.1) is 0 Å². The zero-order valence-electron chi connectivity index (χ0n) is 8.58. The molecule has 0 unspecified atom stereocenters. The third-order valence-electron chi connectivity index (χ3n) is 2.80. The predicted octanol–water partition coefficient (Wildman–Crippen LogP) is 2.12. The molecule has 78 valence electrons. The van der Waals surface area contributed by atoms with Gasteiger partial charge in [0.1, 0.15) is 11.5 Å². The first-order valence-electron chi connectivity index (χ1n) is 5.19. The van der Waals surface area contributed by atoms with Crippen LogP contribution in [0.5, 0.6) is 0 Å². The summed E-state index contributed by atoms with van der Waals surface area (Å²) in [5, 5.41) is 0. The van der Waals surface area contributed by atoms with Crippen molar-refractivity contribution in [2.24, 2.45) is 5.73 Å². The highest BCUT2D eigenvalue weighted by Crippen LogP contribution is 2.24. The van der Waals surface area contributed by atoms with Crippen molar-refractivity contribution in [3.63, 3.8) is 0 Å². The summed E-state index contributed by atoms with van der Waals surface area (Å²) in [6.45, 7) is 3.09. The van der Waals surface area contributed by atoms with Crippen molar-refractivity contribution in [2.75, 3.05) is 0 Å². The van der Waals surface area contributed by atoms with Crippen LogP contribution in [-0.2, 0) is 17.9 Å². The first-order valence-corrected chi connectivity index (χ1v) is 5.19. The van der Waals surface area contributed by atoms with Crippen molar-refractivity contribution in [1.82, 2.24) is 0 Å². The van der Waals surface area contributed by atoms with Gasteiger partial charge in [0.15, 0.2) is 0 Å². The molecule has 1 heterocycles. The van der Waals surface area contributed by atoms with Gasteiger partial charge in [-0.25, -0.2) is 0 Å². The fourth-order valence-electron chi connectivity index (χ4n) is 1.58. The maximum atomic E-state index is 5.70. The van der Waals surface area contributed by atoms with E-state index in [0.717, 1.165) is 17.1 Å². The van der Waals surface area contributed by atoms with E-state index in [1.54, 1.807) is 0 Å². The van der Waals surface area contributed by atoms with Crippen LogP contribution in [0.4, 0.5) is 0 Å². The summed E-state index contributed by atoms with van der Waals surface area (Å²) in [6, 6.07) is 1.99. The molecular weight excluding hydrogens is 178 g/mol. The second-order valence-corrected chi connectivity index (χ2v) is 3.86. The number of aryl methyl sites for hydroxylation is 1. The van der Waals surface area contributed by atoms with Gasteiger partial charge in [0.2, 0.25) is 0 Å². The van der Waals surface area contributed by atoms with Gasteiger partial charge in [-0.05, 0) is 32.3 Å². The fourth-order valence-corrected chi connectivity index (χ4v) is 1.58. The van der Waals surface area contributed by atoms with Crippen molar-refractivity contribution in [1.29, 1.82) is 0 Å². The van der Waals surface area contributed by atoms with Gasteiger partial charge in [-0.3, -0.25) is 0 Å². The smallest absolute Gasteiger partial charge is 0.118 e. The van der Waals surface area contributed by atoms with Crippen molar-refractivity contribution in [2.45, 2.75) is 45.4 Å². The third-order valence-corrected chi connectivity index (χ3v) is 2.80. The predicted molar refractivity (Wildman–Crippen MR) is 53.8 cm³/mol. The van der Waals surface area contributed by atoms with E-state index in [0.29, 0.717) is 19.3 Å². The summed E-state index contributed by atoms with van der Waals surface area (Å²) in [5.41, 5.74) is 6.63. The molecule has 0 amide bonds. The molecule has 0 aliphatic heterocycles. The summed E-state index contributed by atoms with van der Waals surface area (Å²) >= 11 is 0. The number of rotatable bonds is 4. The van der Waals surface area contributed by atoms with Crippen LogP contribution in [0.15, 0.2) is 10.5 Å². The van der Waals surface area contributed by atoms with Crippen LogP contribution in [-0.4, -0.2) is 6.10 Å². The largest absolute Gasteiger partial charge is 0.465 e. The van der Waals surface area contributed by atoms with Crippen LogP contribution in [0.2, 0.25) is 0 Å². The molecule has 0 spiro atoms. The zero-order chi connectivity index (χ0) is 9.97. The monoisotopic (exact) mass is 195 g/mol. The number of hydrogen-bond acceptors (Lipinski definition) is 3. The molecule has 1 aliphatic rings. The molecule has 2 N–H and O–H groups in total. The van der Waals surface area contributed by atoms with E-state index in [4.69, 9.17) is 14.9 Å². The van der Waals surface area contributed by atoms with E-state index in [1.807, 2.05) is 13.0 Å². The first kappa shape index (κ1) is 9.74. The van der Waals surface area contributed by atoms with Crippen LogP contribution in [0.25, 0.3) is 0 Å². The molecule has 0 saturated heterocycles. The summed E-state index contributed by atoms with van der Waals surface area (Å²) < 4.78 is 11.1. The topological polar surface area (TPSA) is 48.4 Å². The Kier molecular flexibility index (Phi) is 2.89. The SMILES string of the molecule is Cc1oc(CN)cc1COC1CCC1. The quantitative estimate of drug-likeness (QED) is 0.800. The minimum Gasteiger partial charge on any atom is -0.465 e. The van der Waals surface area contributed by atoms with E-state index in [2.05, 4.69) is 0 Å². The number of nitrogens with two attached hydrogens (primary N) is 1. The molecule has 1 saturated carbocycles. The van der Waals surface area contributed by atoms with Gasteiger partial charge in [-0.2, -0.15) is 0 Å². The molecule has 2 rings (SSSR count). The highest BCUT2D eigenvalue weighted by atomic mass is 16.5. The lowest BCUT2D eigenvalue weighted by molar-refractivity contribution is -0.00908. The summed E-state index contributed by atoms with van der Waals surface area (Å²) in [7, 11) is 0. The summed E-state index contributed by atoms with van der Waals surface area (Å²) in [5.74, 6) is 1.78. The summed E-state index contributed by atoms with van der Waals surface area (Å²) in [6.07, 6.45) is 4.20. The summed E-state index contributed by atoms with van der Waals surface area (Å²) in [4.78, 5) is 0. The van der Waals surface area contributed by atoms with E-state index < -0.39 is 0 Å². The lowest BCUT2D eigenvalue weighted by Crippen LogP contribution is -2.21. The molecule has 0 aromatic carbocycles. The van der Waals surface area contributed by atoms with E-state index in [1.165, 1.54) is 19.3 Å². The van der Waals surface area contributed by atoms with Crippen molar-refractivity contribution in [3.8, 4) is 0 Å². The van der Waals surface area contributed by atoms with Crippen LogP contribution in [0.3, 0.4) is 0 Å². The Labute approximate surface area is 84.2 Å². The Morgan fingerprint density at radius 1 is 1.57 bits per heavy atom. The molecule has 0 radical (unpaired) electrons. The number of furan rings is 1. The maximum Gasteiger partial charge on any atom is 0.118 e. The number of hydrogen-bond donors (Lipinski definition) is 1. The lowest BCUT2D eigenvalue weighted by Gasteiger charge is -2.25. The highest BCUT2D eigenvalue weighted by molar-refractivity contribution is 5.19. The Morgan fingerprint density at radius 3 is 2.86 bits per heavy atom. The molecule has 3 heteroatoms. The van der Waals surface area contributed by atoms with Gasteiger partial charge in [0.05, 0.1) is 19.3 Å². The van der Waals surface area contributed by atoms with Crippen molar-refractivity contribution >= 4 is 0 Å². The van der Waals surface area contributed by atoms with Gasteiger partial charge >= 0.3 is 0 Å². The average molecular weight is 195 g/mol. The average Bonchev–Trinajstić information content (AvgIpc) is 2.45. The Bertz CT molecular complexity index is 302. The molecule has 0 atom stereocenters. The maximum absolute atomic E-state index is 5.70. The fraction of sp³-hybridized carbons (Fsp3) is 0.636. The minimum absolute atomic E-state index is 0.463. The van der Waals surface area contributed by atoms with E-state index in [9.17, 15) is 0 Å². The Balaban J connectivity index is 1.90. The van der Waals surface area contributed by atoms with E-state index in [-0.39, 0.29) is 0 Å².